The van der Waals surface area contributed by atoms with Gasteiger partial charge in [-0.15, -0.1) is 0 Å². The molecule has 9 rings (SSSR count). The second-order valence-electron chi connectivity index (χ2n) is 12.8. The van der Waals surface area contributed by atoms with Crippen molar-refractivity contribution in [2.45, 2.75) is 32.1 Å². The van der Waals surface area contributed by atoms with Gasteiger partial charge in [0.1, 0.15) is 10.9 Å². The molecule has 0 saturated carbocycles. The maximum absolute atomic E-state index is 5.17. The third-order valence-electron chi connectivity index (χ3n) is 9.66. The van der Waals surface area contributed by atoms with Crippen LogP contribution in [0.1, 0.15) is 37.8 Å². The Morgan fingerprint density at radius 3 is 2.09 bits per heavy atom. The Labute approximate surface area is 270 Å². The van der Waals surface area contributed by atoms with Crippen LogP contribution in [0.3, 0.4) is 0 Å². The molecule has 220 valence electrons. The molecule has 2 aliphatic rings. The molecule has 0 N–H and O–H groups in total. The second kappa shape index (κ2) is 10.5. The van der Waals surface area contributed by atoms with E-state index < -0.39 is 0 Å². The number of hydrogen-bond donors (Lipinski definition) is 0. The maximum Gasteiger partial charge on any atom is 0.161 e. The molecule has 2 aromatic heterocycles. The zero-order chi connectivity index (χ0) is 30.8. The second-order valence-corrected chi connectivity index (χ2v) is 13.9. The van der Waals surface area contributed by atoms with Crippen molar-refractivity contribution in [2.24, 2.45) is 0 Å². The molecule has 46 heavy (non-hydrogen) atoms. The van der Waals surface area contributed by atoms with Gasteiger partial charge in [0.25, 0.3) is 0 Å². The largest absolute Gasteiger partial charge is 0.310 e. The average Bonchev–Trinajstić information content (AvgIpc) is 3.56. The maximum atomic E-state index is 5.17. The van der Waals surface area contributed by atoms with Crippen LogP contribution in [0.2, 0.25) is 0 Å². The Morgan fingerprint density at radius 1 is 0.609 bits per heavy atom. The van der Waals surface area contributed by atoms with Gasteiger partial charge in [0, 0.05) is 43.7 Å². The number of hydrogen-bond acceptors (Lipinski definition) is 2. The molecule has 0 fully saturated rings. The molecular formula is C42H32N3P. The molecule has 7 aromatic rings. The van der Waals surface area contributed by atoms with Crippen molar-refractivity contribution in [3.63, 3.8) is 0 Å². The van der Waals surface area contributed by atoms with Gasteiger partial charge in [0.05, 0.1) is 5.52 Å². The number of aromatic nitrogens is 3. The van der Waals surface area contributed by atoms with Gasteiger partial charge in [-0.25, -0.2) is 9.97 Å². The van der Waals surface area contributed by atoms with E-state index in [9.17, 15) is 0 Å². The normalized spacial score (nSPS) is 14.4. The molecule has 4 heteroatoms. The molecule has 0 radical (unpaired) electrons. The summed E-state index contributed by atoms with van der Waals surface area (Å²) in [5, 5.41) is 3.97. The minimum absolute atomic E-state index is 0.0580. The highest BCUT2D eigenvalue weighted by molar-refractivity contribution is 7.37. The Bertz CT molecular complexity index is 2380. The van der Waals surface area contributed by atoms with Crippen LogP contribution in [0, 0.1) is 0 Å². The zero-order valence-corrected chi connectivity index (χ0v) is 26.8. The van der Waals surface area contributed by atoms with E-state index in [0.29, 0.717) is 0 Å². The van der Waals surface area contributed by atoms with E-state index in [1.807, 2.05) is 18.2 Å². The van der Waals surface area contributed by atoms with E-state index in [1.54, 1.807) is 0 Å². The highest BCUT2D eigenvalue weighted by Gasteiger charge is 2.36. The van der Waals surface area contributed by atoms with Crippen LogP contribution in [-0.4, -0.2) is 14.5 Å². The summed E-state index contributed by atoms with van der Waals surface area (Å²) in [6.07, 6.45) is 6.98. The molecule has 0 atom stereocenters. The first-order valence-electron chi connectivity index (χ1n) is 16.0. The lowest BCUT2D eigenvalue weighted by atomic mass is 9.82. The van der Waals surface area contributed by atoms with Gasteiger partial charge < -0.3 is 4.57 Å². The average molecular weight is 610 g/mol. The first kappa shape index (κ1) is 27.2. The first-order chi connectivity index (χ1) is 22.6. The van der Waals surface area contributed by atoms with E-state index in [4.69, 9.17) is 9.97 Å². The fourth-order valence-corrected chi connectivity index (χ4v) is 8.43. The van der Waals surface area contributed by atoms with Crippen molar-refractivity contribution in [1.29, 1.82) is 0 Å². The molecule has 3 nitrogen and oxygen atoms in total. The third-order valence-corrected chi connectivity index (χ3v) is 10.8. The Balaban J connectivity index is 1.26. The third kappa shape index (κ3) is 4.23. The lowest BCUT2D eigenvalue weighted by Gasteiger charge is -2.21. The minimum atomic E-state index is -0.0580. The van der Waals surface area contributed by atoms with Crippen molar-refractivity contribution in [3.8, 4) is 50.2 Å². The fraction of sp³-hybridized carbons (Fsp3) is 0.119. The summed E-state index contributed by atoms with van der Waals surface area (Å²) in [6, 6.07) is 43.6. The summed E-state index contributed by atoms with van der Waals surface area (Å²) in [7, 11) is 0.996. The number of nitrogens with zero attached hydrogens (tertiary/aromatic N) is 3. The minimum Gasteiger partial charge on any atom is -0.310 e. The zero-order valence-electron chi connectivity index (χ0n) is 25.9. The molecule has 5 aromatic carbocycles. The number of rotatable bonds is 4. The summed E-state index contributed by atoms with van der Waals surface area (Å²) in [5.41, 5.74) is 13.2. The Morgan fingerprint density at radius 2 is 1.28 bits per heavy atom. The van der Waals surface area contributed by atoms with Gasteiger partial charge >= 0.3 is 0 Å². The topological polar surface area (TPSA) is 30.7 Å². The molecule has 0 unspecified atom stereocenters. The van der Waals surface area contributed by atoms with Gasteiger partial charge in [-0.1, -0.05) is 123 Å². The van der Waals surface area contributed by atoms with Crippen molar-refractivity contribution in [3.05, 3.63) is 143 Å². The number of fused-ring (bicyclic) bond motifs is 6. The van der Waals surface area contributed by atoms with Crippen LogP contribution in [0.25, 0.3) is 73.2 Å². The van der Waals surface area contributed by atoms with Crippen LogP contribution in [0.5, 0.6) is 0 Å². The number of benzene rings is 5. The molecule has 0 spiro atoms. The Hall–Kier alpha value is -5.11. The molecule has 2 aliphatic carbocycles. The van der Waals surface area contributed by atoms with E-state index in [1.165, 1.54) is 43.7 Å². The molecule has 0 amide bonds. The van der Waals surface area contributed by atoms with Crippen LogP contribution < -0.4 is 10.6 Å². The highest BCUT2D eigenvalue weighted by atomic mass is 31.0. The van der Waals surface area contributed by atoms with E-state index >= 15 is 0 Å². The van der Waals surface area contributed by atoms with Crippen LogP contribution in [0.15, 0.2) is 121 Å². The monoisotopic (exact) mass is 609 g/mol. The summed E-state index contributed by atoms with van der Waals surface area (Å²) in [5.74, 6) is 0.752. The highest BCUT2D eigenvalue weighted by Crippen LogP contribution is 2.49. The smallest absolute Gasteiger partial charge is 0.161 e. The summed E-state index contributed by atoms with van der Waals surface area (Å²) >= 11 is 0. The van der Waals surface area contributed by atoms with Gasteiger partial charge in [-0.3, -0.25) is 0 Å². The predicted octanol–water partition coefficient (Wildman–Crippen LogP) is 9.66. The van der Waals surface area contributed by atoms with Crippen molar-refractivity contribution >= 4 is 31.2 Å². The fourth-order valence-electron chi connectivity index (χ4n) is 7.39. The SMILES string of the molecule is CC1(C)c2ccccc2-c2cc3c4c(n(-c5cccc(-c6nc(-c7ccccc7)nc(-c7ccccc7)p6)c5)c3cc21)=CCCC=4. The van der Waals surface area contributed by atoms with Gasteiger partial charge in [-0.05, 0) is 67.6 Å². The van der Waals surface area contributed by atoms with Gasteiger partial charge in [0.2, 0.25) is 0 Å². The van der Waals surface area contributed by atoms with Crippen LogP contribution in [0.4, 0.5) is 0 Å². The lowest BCUT2D eigenvalue weighted by molar-refractivity contribution is 0.661. The molecular weight excluding hydrogens is 577 g/mol. The van der Waals surface area contributed by atoms with Crippen molar-refractivity contribution < 1.29 is 0 Å². The molecule has 0 bridgehead atoms. The standard InChI is InChI=1S/C42H32N3P/c1-42(2)35-22-11-9-20-31(35)33-25-34-32-21-10-12-23-37(32)45(38(34)26-36(33)42)30-19-13-18-29(24-30)41-44-39(27-14-5-3-6-15-27)43-40(46-41)28-16-7-4-8-17-28/h3-9,11,13-26H,10,12H2,1-2H3. The van der Waals surface area contributed by atoms with Crippen LogP contribution in [-0.2, 0) is 5.41 Å². The summed E-state index contributed by atoms with van der Waals surface area (Å²) in [6.45, 7) is 4.73. The predicted molar refractivity (Wildman–Crippen MR) is 193 cm³/mol. The molecule has 0 saturated heterocycles. The molecule has 0 aliphatic heterocycles. The quantitative estimate of drug-likeness (QED) is 0.199. The van der Waals surface area contributed by atoms with E-state index in [0.717, 1.165) is 60.1 Å². The van der Waals surface area contributed by atoms with Gasteiger partial charge in [0.15, 0.2) is 5.82 Å². The van der Waals surface area contributed by atoms with E-state index in [2.05, 4.69) is 134 Å². The van der Waals surface area contributed by atoms with Crippen molar-refractivity contribution in [1.82, 2.24) is 14.5 Å². The van der Waals surface area contributed by atoms with Crippen LogP contribution >= 0.6 is 8.19 Å². The Kier molecular flexibility index (Phi) is 6.20. The first-order valence-corrected chi connectivity index (χ1v) is 16.9. The lowest BCUT2D eigenvalue weighted by Crippen LogP contribution is -2.30. The van der Waals surface area contributed by atoms with Crippen molar-refractivity contribution in [2.75, 3.05) is 0 Å². The molecule has 2 heterocycles. The summed E-state index contributed by atoms with van der Waals surface area (Å²) < 4.78 is 2.48. The summed E-state index contributed by atoms with van der Waals surface area (Å²) in [4.78, 5) is 10.2. The van der Waals surface area contributed by atoms with Gasteiger partial charge in [-0.2, -0.15) is 0 Å². The van der Waals surface area contributed by atoms with E-state index in [-0.39, 0.29) is 5.41 Å².